The van der Waals surface area contributed by atoms with Crippen LogP contribution in [0.5, 0.6) is 11.5 Å². The Morgan fingerprint density at radius 2 is 1.76 bits per heavy atom. The van der Waals surface area contributed by atoms with E-state index in [0.29, 0.717) is 24.7 Å². The molecule has 0 aromatic heterocycles. The quantitative estimate of drug-likeness (QED) is 0.794. The van der Waals surface area contributed by atoms with E-state index in [2.05, 4.69) is 5.32 Å². The summed E-state index contributed by atoms with van der Waals surface area (Å²) >= 11 is 0. The molecule has 1 aliphatic rings. The fourth-order valence-electron chi connectivity index (χ4n) is 2.01. The van der Waals surface area contributed by atoms with Gasteiger partial charge in [0.1, 0.15) is 13.2 Å². The van der Waals surface area contributed by atoms with Gasteiger partial charge >= 0.3 is 0 Å². The highest BCUT2D eigenvalue weighted by Gasteiger charge is 2.23. The SMILES string of the molecule is CC(C)(C)C(=O)NCCC(=O)NS(=O)(=O)c1ccc2c(c1)OCCO2. The Labute approximate surface area is 146 Å². The molecule has 8 nitrogen and oxygen atoms in total. The lowest BCUT2D eigenvalue weighted by Gasteiger charge is -2.19. The van der Waals surface area contributed by atoms with Gasteiger partial charge in [-0.3, -0.25) is 9.59 Å². The van der Waals surface area contributed by atoms with Crippen LogP contribution in [0.3, 0.4) is 0 Å². The Bertz CT molecular complexity index is 767. The summed E-state index contributed by atoms with van der Waals surface area (Å²) in [6, 6.07) is 4.13. The van der Waals surface area contributed by atoms with E-state index in [1.165, 1.54) is 18.2 Å². The Morgan fingerprint density at radius 1 is 1.12 bits per heavy atom. The fourth-order valence-corrected chi connectivity index (χ4v) is 3.03. The lowest BCUT2D eigenvalue weighted by atomic mass is 9.96. The van der Waals surface area contributed by atoms with Crippen molar-refractivity contribution in [1.82, 2.24) is 10.0 Å². The number of carbonyl (C=O) groups is 2. The molecular formula is C16H22N2O6S. The predicted octanol–water partition coefficient (Wildman–Crippen LogP) is 0.815. The molecule has 0 saturated carbocycles. The van der Waals surface area contributed by atoms with Crippen molar-refractivity contribution < 1.29 is 27.5 Å². The Hall–Kier alpha value is -2.29. The maximum atomic E-state index is 12.3. The molecular weight excluding hydrogens is 348 g/mol. The molecule has 0 spiro atoms. The van der Waals surface area contributed by atoms with E-state index in [0.717, 1.165) is 0 Å². The van der Waals surface area contributed by atoms with Crippen LogP contribution in [0, 0.1) is 5.41 Å². The van der Waals surface area contributed by atoms with Gasteiger partial charge in [-0.1, -0.05) is 20.8 Å². The number of amides is 2. The van der Waals surface area contributed by atoms with Crippen molar-refractivity contribution in [1.29, 1.82) is 0 Å². The molecule has 2 rings (SSSR count). The van der Waals surface area contributed by atoms with Crippen LogP contribution < -0.4 is 19.5 Å². The third-order valence-electron chi connectivity index (χ3n) is 3.39. The van der Waals surface area contributed by atoms with E-state index in [4.69, 9.17) is 9.47 Å². The number of hydrogen-bond donors (Lipinski definition) is 2. The van der Waals surface area contributed by atoms with Crippen LogP contribution in [0.4, 0.5) is 0 Å². The van der Waals surface area contributed by atoms with E-state index in [1.54, 1.807) is 20.8 Å². The molecule has 0 fully saturated rings. The van der Waals surface area contributed by atoms with E-state index >= 15 is 0 Å². The molecule has 1 aromatic rings. The molecule has 0 unspecified atom stereocenters. The van der Waals surface area contributed by atoms with Gasteiger partial charge in [-0.15, -0.1) is 0 Å². The number of nitrogens with one attached hydrogen (secondary N) is 2. The van der Waals surface area contributed by atoms with Crippen molar-refractivity contribution in [3.8, 4) is 11.5 Å². The first-order valence-corrected chi connectivity index (χ1v) is 9.31. The summed E-state index contributed by atoms with van der Waals surface area (Å²) in [5, 5.41) is 2.59. The molecule has 1 heterocycles. The number of rotatable bonds is 5. The summed E-state index contributed by atoms with van der Waals surface area (Å²) in [6.07, 6.45) is -0.147. The molecule has 2 amide bonds. The van der Waals surface area contributed by atoms with Gasteiger partial charge in [0.2, 0.25) is 11.8 Å². The molecule has 0 saturated heterocycles. The molecule has 1 aromatic carbocycles. The highest BCUT2D eigenvalue weighted by Crippen LogP contribution is 2.32. The molecule has 0 aliphatic carbocycles. The molecule has 138 valence electrons. The monoisotopic (exact) mass is 370 g/mol. The van der Waals surface area contributed by atoms with Gasteiger partial charge in [0, 0.05) is 24.4 Å². The van der Waals surface area contributed by atoms with Gasteiger partial charge in [0.05, 0.1) is 4.90 Å². The van der Waals surface area contributed by atoms with Gasteiger partial charge in [0.25, 0.3) is 10.0 Å². The Balaban J connectivity index is 1.94. The van der Waals surface area contributed by atoms with Crippen LogP contribution >= 0.6 is 0 Å². The maximum Gasteiger partial charge on any atom is 0.264 e. The van der Waals surface area contributed by atoms with E-state index in [1.807, 2.05) is 4.72 Å². The van der Waals surface area contributed by atoms with Crippen molar-refractivity contribution in [3.05, 3.63) is 18.2 Å². The fraction of sp³-hybridized carbons (Fsp3) is 0.500. The van der Waals surface area contributed by atoms with E-state index in [9.17, 15) is 18.0 Å². The Kier molecular flexibility index (Phi) is 5.56. The van der Waals surface area contributed by atoms with Crippen molar-refractivity contribution >= 4 is 21.8 Å². The molecule has 0 atom stereocenters. The van der Waals surface area contributed by atoms with Crippen molar-refractivity contribution in [3.63, 3.8) is 0 Å². The zero-order valence-corrected chi connectivity index (χ0v) is 15.2. The molecule has 2 N–H and O–H groups in total. The van der Waals surface area contributed by atoms with Gasteiger partial charge in [0.15, 0.2) is 11.5 Å². The average molecular weight is 370 g/mol. The second kappa shape index (κ2) is 7.30. The number of ether oxygens (including phenoxy) is 2. The van der Waals surface area contributed by atoms with Crippen LogP contribution in [-0.2, 0) is 19.6 Å². The minimum Gasteiger partial charge on any atom is -0.486 e. The zero-order chi connectivity index (χ0) is 18.7. The second-order valence-electron chi connectivity index (χ2n) is 6.59. The van der Waals surface area contributed by atoms with E-state index < -0.39 is 21.3 Å². The Morgan fingerprint density at radius 3 is 2.40 bits per heavy atom. The first kappa shape index (κ1) is 19.0. The number of sulfonamides is 1. The molecule has 1 aliphatic heterocycles. The van der Waals surface area contributed by atoms with E-state index in [-0.39, 0.29) is 23.8 Å². The molecule has 0 bridgehead atoms. The number of carbonyl (C=O) groups excluding carboxylic acids is 2. The van der Waals surface area contributed by atoms with Crippen LogP contribution in [-0.4, -0.2) is 40.0 Å². The minimum atomic E-state index is -4.02. The van der Waals surface area contributed by atoms with Gasteiger partial charge in [-0.25, -0.2) is 13.1 Å². The first-order valence-electron chi connectivity index (χ1n) is 7.83. The normalized spacial score (nSPS) is 13.9. The molecule has 0 radical (unpaired) electrons. The highest BCUT2D eigenvalue weighted by atomic mass is 32.2. The zero-order valence-electron chi connectivity index (χ0n) is 14.4. The third kappa shape index (κ3) is 5.09. The average Bonchev–Trinajstić information content (AvgIpc) is 2.53. The lowest BCUT2D eigenvalue weighted by molar-refractivity contribution is -0.128. The number of benzene rings is 1. The van der Waals surface area contributed by atoms with Crippen molar-refractivity contribution in [2.45, 2.75) is 32.1 Å². The summed E-state index contributed by atoms with van der Waals surface area (Å²) in [7, 11) is -4.02. The van der Waals surface area contributed by atoms with Gasteiger partial charge < -0.3 is 14.8 Å². The standard InChI is InChI=1S/C16H22N2O6S/c1-16(2,3)15(20)17-7-6-14(19)18-25(21,22)11-4-5-12-13(10-11)24-9-8-23-12/h4-5,10H,6-9H2,1-3H3,(H,17,20)(H,18,19). The van der Waals surface area contributed by atoms with Crippen LogP contribution in [0.1, 0.15) is 27.2 Å². The van der Waals surface area contributed by atoms with Gasteiger partial charge in [-0.2, -0.15) is 0 Å². The summed E-state index contributed by atoms with van der Waals surface area (Å²) in [5.41, 5.74) is -0.576. The molecule has 9 heteroatoms. The summed E-state index contributed by atoms with van der Waals surface area (Å²) in [4.78, 5) is 23.5. The maximum absolute atomic E-state index is 12.3. The van der Waals surface area contributed by atoms with Crippen LogP contribution in [0.25, 0.3) is 0 Å². The lowest BCUT2D eigenvalue weighted by Crippen LogP contribution is -2.38. The largest absolute Gasteiger partial charge is 0.486 e. The summed E-state index contributed by atoms with van der Waals surface area (Å²) in [5.74, 6) is -0.139. The summed E-state index contributed by atoms with van der Waals surface area (Å²) < 4.78 is 37.2. The number of hydrogen-bond acceptors (Lipinski definition) is 6. The summed E-state index contributed by atoms with van der Waals surface area (Å²) in [6.45, 7) is 6.02. The van der Waals surface area contributed by atoms with Crippen molar-refractivity contribution in [2.75, 3.05) is 19.8 Å². The second-order valence-corrected chi connectivity index (χ2v) is 8.27. The number of fused-ring (bicyclic) bond motifs is 1. The highest BCUT2D eigenvalue weighted by molar-refractivity contribution is 7.90. The smallest absolute Gasteiger partial charge is 0.264 e. The van der Waals surface area contributed by atoms with Crippen LogP contribution in [0.15, 0.2) is 23.1 Å². The van der Waals surface area contributed by atoms with Gasteiger partial charge in [-0.05, 0) is 12.1 Å². The predicted molar refractivity (Wildman–Crippen MR) is 89.8 cm³/mol. The third-order valence-corrected chi connectivity index (χ3v) is 4.76. The molecule has 25 heavy (non-hydrogen) atoms. The van der Waals surface area contributed by atoms with Crippen molar-refractivity contribution in [2.24, 2.45) is 5.41 Å². The topological polar surface area (TPSA) is 111 Å². The van der Waals surface area contributed by atoms with Crippen LogP contribution in [0.2, 0.25) is 0 Å². The first-order chi connectivity index (χ1) is 11.6. The minimum absolute atomic E-state index is 0.0542.